The van der Waals surface area contributed by atoms with Crippen LogP contribution < -0.4 is 0 Å². The van der Waals surface area contributed by atoms with Crippen molar-refractivity contribution in [2.75, 3.05) is 6.61 Å². The number of halogens is 2. The van der Waals surface area contributed by atoms with Crippen LogP contribution in [-0.2, 0) is 9.53 Å². The zero-order valence-electron chi connectivity index (χ0n) is 9.30. The molecule has 1 atom stereocenters. The van der Waals surface area contributed by atoms with Crippen LogP contribution in [-0.4, -0.2) is 12.6 Å². The molecule has 0 radical (unpaired) electrons. The van der Waals surface area contributed by atoms with E-state index >= 15 is 0 Å². The van der Waals surface area contributed by atoms with Crippen LogP contribution in [0.2, 0.25) is 0 Å². The smallest absolute Gasteiger partial charge is 0.306 e. The number of benzene rings is 1. The number of hydrogen-bond acceptors (Lipinski definition) is 2. The number of carbonyl (C=O) groups excluding carboxylic acids is 1. The first kappa shape index (κ1) is 12.6. The van der Waals surface area contributed by atoms with Gasteiger partial charge in [0.25, 0.3) is 0 Å². The highest BCUT2D eigenvalue weighted by molar-refractivity contribution is 5.70. The van der Waals surface area contributed by atoms with Gasteiger partial charge in [-0.2, -0.15) is 0 Å². The molecule has 0 aliphatic rings. The molecule has 0 fully saturated rings. The maximum atomic E-state index is 12.9. The molecule has 0 saturated carbocycles. The standard InChI is InChI=1S/C12H14F2O2/c1-3-16-12(15)4-8(2)9-5-10(13)7-11(14)6-9/h5-8H,3-4H2,1-2H3. The van der Waals surface area contributed by atoms with Crippen molar-refractivity contribution in [3.63, 3.8) is 0 Å². The highest BCUT2D eigenvalue weighted by Crippen LogP contribution is 2.21. The van der Waals surface area contributed by atoms with Gasteiger partial charge in [0.15, 0.2) is 0 Å². The number of rotatable bonds is 4. The molecule has 0 aliphatic heterocycles. The predicted octanol–water partition coefficient (Wildman–Crippen LogP) is 3.02. The molecule has 0 saturated heterocycles. The number of carbonyl (C=O) groups is 1. The monoisotopic (exact) mass is 228 g/mol. The minimum Gasteiger partial charge on any atom is -0.466 e. The number of esters is 1. The van der Waals surface area contributed by atoms with Crippen molar-refractivity contribution in [1.82, 2.24) is 0 Å². The average molecular weight is 228 g/mol. The molecule has 16 heavy (non-hydrogen) atoms. The van der Waals surface area contributed by atoms with Crippen molar-refractivity contribution in [2.45, 2.75) is 26.2 Å². The SMILES string of the molecule is CCOC(=O)CC(C)c1cc(F)cc(F)c1. The summed E-state index contributed by atoms with van der Waals surface area (Å²) in [5.74, 6) is -1.89. The van der Waals surface area contributed by atoms with E-state index < -0.39 is 11.6 Å². The molecule has 0 heterocycles. The Morgan fingerprint density at radius 3 is 2.38 bits per heavy atom. The third kappa shape index (κ3) is 3.61. The van der Waals surface area contributed by atoms with Gasteiger partial charge in [-0.25, -0.2) is 8.78 Å². The molecule has 0 aromatic heterocycles. The van der Waals surface area contributed by atoms with E-state index in [9.17, 15) is 13.6 Å². The van der Waals surface area contributed by atoms with Crippen molar-refractivity contribution in [1.29, 1.82) is 0 Å². The largest absolute Gasteiger partial charge is 0.466 e. The first-order valence-electron chi connectivity index (χ1n) is 5.14. The summed E-state index contributed by atoms with van der Waals surface area (Å²) in [5, 5.41) is 0. The van der Waals surface area contributed by atoms with E-state index in [4.69, 9.17) is 4.74 Å². The van der Waals surface area contributed by atoms with Gasteiger partial charge in [0.1, 0.15) is 11.6 Å². The fourth-order valence-corrected chi connectivity index (χ4v) is 1.45. The molecule has 0 aliphatic carbocycles. The molecule has 1 aromatic carbocycles. The van der Waals surface area contributed by atoms with E-state index in [1.165, 1.54) is 12.1 Å². The van der Waals surface area contributed by atoms with Crippen LogP contribution in [0.1, 0.15) is 31.7 Å². The molecule has 2 nitrogen and oxygen atoms in total. The Morgan fingerprint density at radius 1 is 1.31 bits per heavy atom. The Labute approximate surface area is 93.2 Å². The van der Waals surface area contributed by atoms with E-state index in [-0.39, 0.29) is 18.3 Å². The molecule has 4 heteroatoms. The van der Waals surface area contributed by atoms with Gasteiger partial charge in [-0.1, -0.05) is 6.92 Å². The second-order valence-electron chi connectivity index (χ2n) is 3.61. The highest BCUT2D eigenvalue weighted by Gasteiger charge is 2.13. The Morgan fingerprint density at radius 2 is 1.88 bits per heavy atom. The third-order valence-corrected chi connectivity index (χ3v) is 2.23. The fraction of sp³-hybridized carbons (Fsp3) is 0.417. The van der Waals surface area contributed by atoms with Gasteiger partial charge >= 0.3 is 5.97 Å². The Bertz CT molecular complexity index is 357. The summed E-state index contributed by atoms with van der Waals surface area (Å²) in [6, 6.07) is 3.26. The molecule has 0 amide bonds. The summed E-state index contributed by atoms with van der Waals surface area (Å²) in [6.07, 6.45) is 0.122. The van der Waals surface area contributed by atoms with Crippen molar-refractivity contribution in [3.05, 3.63) is 35.4 Å². The van der Waals surface area contributed by atoms with E-state index in [1.54, 1.807) is 13.8 Å². The Balaban J connectivity index is 2.72. The first-order valence-corrected chi connectivity index (χ1v) is 5.14. The molecular weight excluding hydrogens is 214 g/mol. The van der Waals surface area contributed by atoms with Gasteiger partial charge in [0, 0.05) is 6.07 Å². The predicted molar refractivity (Wildman–Crippen MR) is 56.0 cm³/mol. The quantitative estimate of drug-likeness (QED) is 0.740. The van der Waals surface area contributed by atoms with Crippen LogP contribution in [0.25, 0.3) is 0 Å². The van der Waals surface area contributed by atoms with Crippen LogP contribution in [0.4, 0.5) is 8.78 Å². The second-order valence-corrected chi connectivity index (χ2v) is 3.61. The van der Waals surface area contributed by atoms with Crippen LogP contribution in [0, 0.1) is 11.6 Å². The Kier molecular flexibility index (Phi) is 4.40. The van der Waals surface area contributed by atoms with E-state index in [0.29, 0.717) is 12.2 Å². The minimum absolute atomic E-state index is 0.122. The number of hydrogen-bond donors (Lipinski definition) is 0. The van der Waals surface area contributed by atoms with Crippen molar-refractivity contribution in [3.8, 4) is 0 Å². The van der Waals surface area contributed by atoms with Crippen molar-refractivity contribution < 1.29 is 18.3 Å². The van der Waals surface area contributed by atoms with Gasteiger partial charge < -0.3 is 4.74 Å². The average Bonchev–Trinajstić information content (AvgIpc) is 2.16. The van der Waals surface area contributed by atoms with E-state index in [2.05, 4.69) is 0 Å². The van der Waals surface area contributed by atoms with E-state index in [1.807, 2.05) is 0 Å². The van der Waals surface area contributed by atoms with Crippen LogP contribution in [0.15, 0.2) is 18.2 Å². The zero-order chi connectivity index (χ0) is 12.1. The summed E-state index contributed by atoms with van der Waals surface area (Å²) < 4.78 is 30.6. The molecule has 1 rings (SSSR count). The lowest BCUT2D eigenvalue weighted by atomic mass is 9.98. The summed E-state index contributed by atoms with van der Waals surface area (Å²) in [6.45, 7) is 3.75. The van der Waals surface area contributed by atoms with Gasteiger partial charge in [0.05, 0.1) is 13.0 Å². The summed E-state index contributed by atoms with van der Waals surface area (Å²) >= 11 is 0. The van der Waals surface area contributed by atoms with Gasteiger partial charge in [-0.05, 0) is 30.5 Å². The Hall–Kier alpha value is -1.45. The maximum Gasteiger partial charge on any atom is 0.306 e. The van der Waals surface area contributed by atoms with Crippen LogP contribution in [0.3, 0.4) is 0 Å². The summed E-state index contributed by atoms with van der Waals surface area (Å²) in [7, 11) is 0. The van der Waals surface area contributed by atoms with Crippen molar-refractivity contribution in [2.24, 2.45) is 0 Å². The van der Waals surface area contributed by atoms with Gasteiger partial charge in [-0.3, -0.25) is 4.79 Å². The van der Waals surface area contributed by atoms with Crippen molar-refractivity contribution >= 4 is 5.97 Å². The third-order valence-electron chi connectivity index (χ3n) is 2.23. The molecule has 88 valence electrons. The number of ether oxygens (including phenoxy) is 1. The second kappa shape index (κ2) is 5.58. The van der Waals surface area contributed by atoms with Gasteiger partial charge in [0.2, 0.25) is 0 Å². The molecular formula is C12H14F2O2. The molecule has 0 bridgehead atoms. The van der Waals surface area contributed by atoms with Crippen LogP contribution >= 0.6 is 0 Å². The molecule has 1 unspecified atom stereocenters. The minimum atomic E-state index is -0.634. The fourth-order valence-electron chi connectivity index (χ4n) is 1.45. The maximum absolute atomic E-state index is 12.9. The lowest BCUT2D eigenvalue weighted by Gasteiger charge is -2.11. The zero-order valence-corrected chi connectivity index (χ0v) is 9.30. The first-order chi connectivity index (χ1) is 7.52. The lowest BCUT2D eigenvalue weighted by molar-refractivity contribution is -0.143. The van der Waals surface area contributed by atoms with Gasteiger partial charge in [-0.15, -0.1) is 0 Å². The molecule has 0 spiro atoms. The molecule has 0 N–H and O–H groups in total. The summed E-state index contributed by atoms with van der Waals surface area (Å²) in [5.41, 5.74) is 0.463. The normalized spacial score (nSPS) is 12.2. The highest BCUT2D eigenvalue weighted by atomic mass is 19.1. The molecule has 1 aromatic rings. The lowest BCUT2D eigenvalue weighted by Crippen LogP contribution is -2.08. The van der Waals surface area contributed by atoms with E-state index in [0.717, 1.165) is 6.07 Å². The van der Waals surface area contributed by atoms with Crippen LogP contribution in [0.5, 0.6) is 0 Å². The topological polar surface area (TPSA) is 26.3 Å². The summed E-state index contributed by atoms with van der Waals surface area (Å²) in [4.78, 5) is 11.2.